The molecule has 0 radical (unpaired) electrons. The van der Waals surface area contributed by atoms with Crippen LogP contribution in [-0.4, -0.2) is 26.3 Å². The normalized spacial score (nSPS) is 19.7. The van der Waals surface area contributed by atoms with Gasteiger partial charge in [-0.25, -0.2) is 13.6 Å². The highest BCUT2D eigenvalue weighted by Gasteiger charge is 2.25. The largest absolute Gasteiger partial charge is 0.339 e. The van der Waals surface area contributed by atoms with Crippen molar-refractivity contribution < 1.29 is 13.2 Å². The van der Waals surface area contributed by atoms with Crippen LogP contribution in [0.2, 0.25) is 0 Å². The number of hydrogen-bond acceptors (Lipinski definition) is 3. The number of primary sulfonamides is 1. The van der Waals surface area contributed by atoms with Crippen molar-refractivity contribution in [3.8, 4) is 0 Å². The van der Waals surface area contributed by atoms with Crippen LogP contribution in [0.25, 0.3) is 0 Å². The van der Waals surface area contributed by atoms with Crippen molar-refractivity contribution in [1.82, 2.24) is 4.90 Å². The second-order valence-electron chi connectivity index (χ2n) is 5.72. The lowest BCUT2D eigenvalue weighted by molar-refractivity contribution is -0.136. The number of allylic oxidation sites excluding steroid dienone is 2. The number of nitrogens with two attached hydrogens (primary N) is 1. The van der Waals surface area contributed by atoms with E-state index in [0.29, 0.717) is 0 Å². The molecule has 0 bridgehead atoms. The van der Waals surface area contributed by atoms with Gasteiger partial charge in [-0.1, -0.05) is 24.3 Å². The Labute approximate surface area is 131 Å². The standard InChI is InChI=1S/C16H22N2O3S/c1-12(13-8-10-15(11-9-13)22(17,20)21)18(2)16(19)14-6-4-3-5-7-14/h3-4,8-12,14H,5-7H2,1-2H3,(H2,17,20,21). The SMILES string of the molecule is CC(c1ccc(S(N)(=O)=O)cc1)N(C)C(=O)C1CC=CCC1. The maximum Gasteiger partial charge on any atom is 0.238 e. The lowest BCUT2D eigenvalue weighted by Crippen LogP contribution is -2.35. The fraction of sp³-hybridized carbons (Fsp3) is 0.438. The van der Waals surface area contributed by atoms with E-state index in [1.54, 1.807) is 24.1 Å². The third-order valence-electron chi connectivity index (χ3n) is 4.24. The van der Waals surface area contributed by atoms with Gasteiger partial charge in [0.05, 0.1) is 10.9 Å². The van der Waals surface area contributed by atoms with Crippen molar-refractivity contribution in [1.29, 1.82) is 0 Å². The van der Waals surface area contributed by atoms with E-state index in [1.165, 1.54) is 12.1 Å². The summed E-state index contributed by atoms with van der Waals surface area (Å²) in [6.45, 7) is 1.93. The quantitative estimate of drug-likeness (QED) is 0.863. The molecule has 0 spiro atoms. The van der Waals surface area contributed by atoms with E-state index >= 15 is 0 Å². The molecular formula is C16H22N2O3S. The molecule has 120 valence electrons. The maximum absolute atomic E-state index is 12.5. The highest BCUT2D eigenvalue weighted by molar-refractivity contribution is 7.89. The summed E-state index contributed by atoms with van der Waals surface area (Å²) < 4.78 is 22.5. The third kappa shape index (κ3) is 3.75. The first kappa shape index (κ1) is 16.7. The Kier molecular flexibility index (Phi) is 5.03. The molecule has 1 aromatic rings. The molecule has 0 fully saturated rings. The van der Waals surface area contributed by atoms with E-state index in [9.17, 15) is 13.2 Å². The van der Waals surface area contributed by atoms with E-state index in [4.69, 9.17) is 5.14 Å². The molecule has 2 N–H and O–H groups in total. The van der Waals surface area contributed by atoms with Crippen LogP contribution < -0.4 is 5.14 Å². The zero-order valence-electron chi connectivity index (χ0n) is 12.9. The van der Waals surface area contributed by atoms with Gasteiger partial charge in [-0.2, -0.15) is 0 Å². The minimum absolute atomic E-state index is 0.0427. The van der Waals surface area contributed by atoms with Gasteiger partial charge in [-0.3, -0.25) is 4.79 Å². The Morgan fingerprint density at radius 2 is 1.91 bits per heavy atom. The van der Waals surface area contributed by atoms with E-state index < -0.39 is 10.0 Å². The molecule has 0 saturated heterocycles. The topological polar surface area (TPSA) is 80.5 Å². The summed E-state index contributed by atoms with van der Waals surface area (Å²) in [6, 6.07) is 6.24. The van der Waals surface area contributed by atoms with Crippen LogP contribution >= 0.6 is 0 Å². The van der Waals surface area contributed by atoms with E-state index in [2.05, 4.69) is 12.2 Å². The van der Waals surface area contributed by atoms with Gasteiger partial charge in [0.1, 0.15) is 0 Å². The Morgan fingerprint density at radius 1 is 1.27 bits per heavy atom. The van der Waals surface area contributed by atoms with Crippen molar-refractivity contribution in [2.75, 3.05) is 7.05 Å². The van der Waals surface area contributed by atoms with Crippen LogP contribution in [0.15, 0.2) is 41.3 Å². The average molecular weight is 322 g/mol. The molecule has 22 heavy (non-hydrogen) atoms. The number of carbonyl (C=O) groups excluding carboxylic acids is 1. The first-order valence-electron chi connectivity index (χ1n) is 7.35. The number of hydrogen-bond donors (Lipinski definition) is 1. The Morgan fingerprint density at radius 3 is 2.41 bits per heavy atom. The van der Waals surface area contributed by atoms with Crippen LogP contribution in [0.4, 0.5) is 0 Å². The first-order chi connectivity index (χ1) is 10.3. The minimum atomic E-state index is -3.69. The molecule has 1 aliphatic carbocycles. The fourth-order valence-electron chi connectivity index (χ4n) is 2.66. The Balaban J connectivity index is 2.11. The van der Waals surface area contributed by atoms with Gasteiger partial charge in [0.25, 0.3) is 0 Å². The smallest absolute Gasteiger partial charge is 0.238 e. The van der Waals surface area contributed by atoms with Crippen molar-refractivity contribution in [3.63, 3.8) is 0 Å². The lowest BCUT2D eigenvalue weighted by atomic mass is 9.92. The van der Waals surface area contributed by atoms with Gasteiger partial charge in [0.15, 0.2) is 0 Å². The van der Waals surface area contributed by atoms with E-state index in [1.807, 2.05) is 6.92 Å². The summed E-state index contributed by atoms with van der Waals surface area (Å²) >= 11 is 0. The lowest BCUT2D eigenvalue weighted by Gasteiger charge is -2.30. The Bertz CT molecular complexity index is 665. The summed E-state index contributed by atoms with van der Waals surface area (Å²) in [7, 11) is -1.90. The molecule has 0 aliphatic heterocycles. The van der Waals surface area contributed by atoms with Gasteiger partial charge < -0.3 is 4.90 Å². The highest BCUT2D eigenvalue weighted by Crippen LogP contribution is 2.26. The zero-order valence-corrected chi connectivity index (χ0v) is 13.7. The molecular weight excluding hydrogens is 300 g/mol. The fourth-order valence-corrected chi connectivity index (χ4v) is 3.17. The van der Waals surface area contributed by atoms with Crippen molar-refractivity contribution >= 4 is 15.9 Å². The van der Waals surface area contributed by atoms with Crippen LogP contribution in [0, 0.1) is 5.92 Å². The molecule has 2 atom stereocenters. The van der Waals surface area contributed by atoms with Crippen molar-refractivity contribution in [3.05, 3.63) is 42.0 Å². The molecule has 0 aromatic heterocycles. The van der Waals surface area contributed by atoms with Crippen LogP contribution in [0.3, 0.4) is 0 Å². The third-order valence-corrected chi connectivity index (χ3v) is 5.17. The molecule has 5 nitrogen and oxygen atoms in total. The van der Waals surface area contributed by atoms with Crippen LogP contribution in [0.1, 0.15) is 37.8 Å². The second-order valence-corrected chi connectivity index (χ2v) is 7.28. The average Bonchev–Trinajstić information content (AvgIpc) is 2.53. The highest BCUT2D eigenvalue weighted by atomic mass is 32.2. The summed E-state index contributed by atoms with van der Waals surface area (Å²) in [6.07, 6.45) is 6.79. The number of sulfonamides is 1. The summed E-state index contributed by atoms with van der Waals surface area (Å²) in [5, 5.41) is 5.09. The molecule has 1 aromatic carbocycles. The molecule has 1 amide bonds. The second kappa shape index (κ2) is 6.62. The summed E-state index contributed by atoms with van der Waals surface area (Å²) in [5.74, 6) is 0.175. The van der Waals surface area contributed by atoms with Crippen LogP contribution in [0.5, 0.6) is 0 Å². The summed E-state index contributed by atoms with van der Waals surface area (Å²) in [5.41, 5.74) is 0.884. The van der Waals surface area contributed by atoms with Gasteiger partial charge in [0.2, 0.25) is 15.9 Å². The van der Waals surface area contributed by atoms with Gasteiger partial charge >= 0.3 is 0 Å². The number of nitrogens with zero attached hydrogens (tertiary/aromatic N) is 1. The first-order valence-corrected chi connectivity index (χ1v) is 8.90. The maximum atomic E-state index is 12.5. The van der Waals surface area contributed by atoms with Crippen molar-refractivity contribution in [2.45, 2.75) is 37.1 Å². The summed E-state index contributed by atoms with van der Waals surface area (Å²) in [4.78, 5) is 14.3. The molecule has 6 heteroatoms. The van der Waals surface area contributed by atoms with Crippen molar-refractivity contribution in [2.24, 2.45) is 11.1 Å². The number of rotatable bonds is 4. The molecule has 1 aliphatic rings. The number of amides is 1. The zero-order chi connectivity index (χ0) is 16.3. The van der Waals surface area contributed by atoms with Gasteiger partial charge in [0, 0.05) is 13.0 Å². The molecule has 0 heterocycles. The van der Waals surface area contributed by atoms with Gasteiger partial charge in [-0.15, -0.1) is 0 Å². The predicted octanol–water partition coefficient (Wildman–Crippen LogP) is 2.21. The predicted molar refractivity (Wildman–Crippen MR) is 85.5 cm³/mol. The van der Waals surface area contributed by atoms with E-state index in [-0.39, 0.29) is 22.8 Å². The van der Waals surface area contributed by atoms with E-state index in [0.717, 1.165) is 24.8 Å². The molecule has 2 rings (SSSR count). The molecule has 0 saturated carbocycles. The monoisotopic (exact) mass is 322 g/mol. The number of benzene rings is 1. The minimum Gasteiger partial charge on any atom is -0.339 e. The number of carbonyl (C=O) groups is 1. The molecule has 2 unspecified atom stereocenters. The Hall–Kier alpha value is -1.66. The van der Waals surface area contributed by atoms with Crippen LogP contribution in [-0.2, 0) is 14.8 Å². The van der Waals surface area contributed by atoms with Gasteiger partial charge in [-0.05, 0) is 43.9 Å².